The fourth-order valence-electron chi connectivity index (χ4n) is 2.01. The van der Waals surface area contributed by atoms with Gasteiger partial charge in [0.1, 0.15) is 5.82 Å². The molecule has 0 aromatic heterocycles. The van der Waals surface area contributed by atoms with Gasteiger partial charge in [-0.2, -0.15) is 0 Å². The van der Waals surface area contributed by atoms with E-state index in [1.165, 1.54) is 12.1 Å². The number of hydrogen-bond donors (Lipinski definition) is 2. The Kier molecular flexibility index (Phi) is 6.32. The van der Waals surface area contributed by atoms with Crippen LogP contribution in [0.2, 0.25) is 5.02 Å². The lowest BCUT2D eigenvalue weighted by molar-refractivity contribution is 0.0113. The number of aliphatic hydroxyl groups is 1. The van der Waals surface area contributed by atoms with Gasteiger partial charge in [-0.25, -0.2) is 4.39 Å². The Balaban J connectivity index is 0.00000162. The molecule has 1 aliphatic rings. The summed E-state index contributed by atoms with van der Waals surface area (Å²) in [5.74, 6) is -0.528. The Morgan fingerprint density at radius 1 is 1.50 bits per heavy atom. The quantitative estimate of drug-likeness (QED) is 0.879. The lowest BCUT2D eigenvalue weighted by atomic mass is 9.96. The summed E-state index contributed by atoms with van der Waals surface area (Å²) in [6.07, 6.45) is -0.290. The molecular formula is C12H16Cl2FNO2. The fraction of sp³-hybridized carbons (Fsp3) is 0.500. The number of benzene rings is 1. The van der Waals surface area contributed by atoms with Gasteiger partial charge in [-0.1, -0.05) is 17.7 Å². The van der Waals surface area contributed by atoms with Gasteiger partial charge in [-0.05, 0) is 17.7 Å². The van der Waals surface area contributed by atoms with Crippen molar-refractivity contribution in [2.45, 2.75) is 6.10 Å². The highest BCUT2D eigenvalue weighted by molar-refractivity contribution is 6.30. The number of rotatable bonds is 2. The first-order chi connectivity index (χ1) is 8.22. The zero-order valence-electron chi connectivity index (χ0n) is 9.73. The maximum atomic E-state index is 13.4. The summed E-state index contributed by atoms with van der Waals surface area (Å²) in [6, 6.07) is 4.63. The highest BCUT2D eigenvalue weighted by Crippen LogP contribution is 2.29. The summed E-state index contributed by atoms with van der Waals surface area (Å²) in [4.78, 5) is 0. The highest BCUT2D eigenvalue weighted by atomic mass is 35.5. The molecule has 1 aliphatic heterocycles. The third-order valence-electron chi connectivity index (χ3n) is 2.92. The molecule has 6 heteroatoms. The van der Waals surface area contributed by atoms with Crippen LogP contribution < -0.4 is 5.32 Å². The van der Waals surface area contributed by atoms with E-state index in [0.717, 1.165) is 12.1 Å². The minimum Gasteiger partial charge on any atom is -0.396 e. The number of ether oxygens (including phenoxy) is 1. The lowest BCUT2D eigenvalue weighted by Crippen LogP contribution is -2.27. The van der Waals surface area contributed by atoms with Gasteiger partial charge < -0.3 is 15.2 Å². The summed E-state index contributed by atoms with van der Waals surface area (Å²) in [5, 5.41) is 12.6. The molecule has 0 bridgehead atoms. The molecule has 2 atom stereocenters. The molecule has 0 aliphatic carbocycles. The second kappa shape index (κ2) is 7.26. The molecule has 3 nitrogen and oxygen atoms in total. The largest absolute Gasteiger partial charge is 0.396 e. The van der Waals surface area contributed by atoms with Crippen LogP contribution in [0, 0.1) is 11.7 Å². The SMILES string of the molecule is Cl.OC[C@H]1CNCCO[C@H]1c1ccc(Cl)c(F)c1. The van der Waals surface area contributed by atoms with Crippen molar-refractivity contribution in [3.05, 3.63) is 34.6 Å². The Hall–Kier alpha value is -0.390. The van der Waals surface area contributed by atoms with E-state index < -0.39 is 5.82 Å². The summed E-state index contributed by atoms with van der Waals surface area (Å²) in [5.41, 5.74) is 0.717. The van der Waals surface area contributed by atoms with Crippen LogP contribution in [-0.4, -0.2) is 31.4 Å². The van der Waals surface area contributed by atoms with E-state index >= 15 is 0 Å². The fourth-order valence-corrected chi connectivity index (χ4v) is 2.12. The van der Waals surface area contributed by atoms with Crippen molar-refractivity contribution in [3.63, 3.8) is 0 Å². The van der Waals surface area contributed by atoms with Gasteiger partial charge >= 0.3 is 0 Å². The molecule has 18 heavy (non-hydrogen) atoms. The van der Waals surface area contributed by atoms with Crippen molar-refractivity contribution >= 4 is 24.0 Å². The third-order valence-corrected chi connectivity index (χ3v) is 3.22. The van der Waals surface area contributed by atoms with Crippen molar-refractivity contribution in [3.8, 4) is 0 Å². The van der Waals surface area contributed by atoms with Gasteiger partial charge in [-0.3, -0.25) is 0 Å². The molecule has 2 N–H and O–H groups in total. The Labute approximate surface area is 117 Å². The topological polar surface area (TPSA) is 41.5 Å². The maximum Gasteiger partial charge on any atom is 0.142 e. The van der Waals surface area contributed by atoms with Crippen LogP contribution in [0.3, 0.4) is 0 Å². The van der Waals surface area contributed by atoms with Gasteiger partial charge in [0.15, 0.2) is 0 Å². The zero-order chi connectivity index (χ0) is 12.3. The first-order valence-corrected chi connectivity index (χ1v) is 5.98. The maximum absolute atomic E-state index is 13.4. The molecule has 0 saturated carbocycles. The van der Waals surface area contributed by atoms with Gasteiger partial charge in [-0.15, -0.1) is 12.4 Å². The van der Waals surface area contributed by atoms with Crippen molar-refractivity contribution < 1.29 is 14.2 Å². The van der Waals surface area contributed by atoms with Gasteiger partial charge in [0, 0.05) is 25.6 Å². The molecule has 1 saturated heterocycles. The average molecular weight is 296 g/mol. The van der Waals surface area contributed by atoms with Gasteiger partial charge in [0.2, 0.25) is 0 Å². The van der Waals surface area contributed by atoms with Crippen molar-refractivity contribution in [2.75, 3.05) is 26.3 Å². The summed E-state index contributed by atoms with van der Waals surface area (Å²) >= 11 is 5.64. The standard InChI is InChI=1S/C12H15ClFNO2.ClH/c13-10-2-1-8(5-11(10)14)12-9(7-16)6-15-3-4-17-12;/h1-2,5,9,12,15-16H,3-4,6-7H2;1H/t9-,12+;/m1./s1. The molecule has 0 amide bonds. The Morgan fingerprint density at radius 3 is 2.94 bits per heavy atom. The normalized spacial score (nSPS) is 24.2. The second-order valence-corrected chi connectivity index (χ2v) is 4.52. The van der Waals surface area contributed by atoms with Gasteiger partial charge in [0.05, 0.1) is 17.7 Å². The molecular weight excluding hydrogens is 280 g/mol. The van der Waals surface area contributed by atoms with Crippen LogP contribution in [0.4, 0.5) is 4.39 Å². The van der Waals surface area contributed by atoms with Crippen LogP contribution in [-0.2, 0) is 4.74 Å². The first-order valence-electron chi connectivity index (χ1n) is 5.60. The predicted molar refractivity (Wildman–Crippen MR) is 70.8 cm³/mol. The molecule has 0 spiro atoms. The van der Waals surface area contributed by atoms with Crippen molar-refractivity contribution in [1.82, 2.24) is 5.32 Å². The number of nitrogens with one attached hydrogen (secondary N) is 1. The van der Waals surface area contributed by atoms with E-state index in [-0.39, 0.29) is 36.1 Å². The smallest absolute Gasteiger partial charge is 0.142 e. The molecule has 0 unspecified atom stereocenters. The van der Waals surface area contributed by atoms with Crippen LogP contribution in [0.15, 0.2) is 18.2 Å². The zero-order valence-corrected chi connectivity index (χ0v) is 11.3. The van der Waals surface area contributed by atoms with Crippen molar-refractivity contribution in [2.24, 2.45) is 5.92 Å². The van der Waals surface area contributed by atoms with Crippen LogP contribution in [0.5, 0.6) is 0 Å². The first kappa shape index (κ1) is 15.7. The molecule has 1 aromatic carbocycles. The van der Waals surface area contributed by atoms with Crippen LogP contribution >= 0.6 is 24.0 Å². The minimum atomic E-state index is -0.457. The number of hydrogen-bond acceptors (Lipinski definition) is 3. The molecule has 1 aromatic rings. The van der Waals surface area contributed by atoms with E-state index in [9.17, 15) is 9.50 Å². The molecule has 0 radical (unpaired) electrons. The lowest BCUT2D eigenvalue weighted by Gasteiger charge is -2.23. The van der Waals surface area contributed by atoms with E-state index in [2.05, 4.69) is 5.32 Å². The number of halogens is 3. The second-order valence-electron chi connectivity index (χ2n) is 4.11. The molecule has 1 heterocycles. The predicted octanol–water partition coefficient (Wildman–Crippen LogP) is 2.17. The Bertz CT molecular complexity index is 392. The van der Waals surface area contributed by atoms with Crippen LogP contribution in [0.25, 0.3) is 0 Å². The number of aliphatic hydroxyl groups excluding tert-OH is 1. The molecule has 1 fully saturated rings. The summed E-state index contributed by atoms with van der Waals surface area (Å²) in [7, 11) is 0. The van der Waals surface area contributed by atoms with E-state index in [1.807, 2.05) is 0 Å². The third kappa shape index (κ3) is 3.56. The molecule has 102 valence electrons. The van der Waals surface area contributed by atoms with E-state index in [1.54, 1.807) is 6.07 Å². The summed E-state index contributed by atoms with van der Waals surface area (Å²) in [6.45, 7) is 1.95. The summed E-state index contributed by atoms with van der Waals surface area (Å²) < 4.78 is 19.1. The van der Waals surface area contributed by atoms with Crippen LogP contribution in [0.1, 0.15) is 11.7 Å². The van der Waals surface area contributed by atoms with E-state index in [0.29, 0.717) is 13.2 Å². The van der Waals surface area contributed by atoms with Crippen molar-refractivity contribution in [1.29, 1.82) is 0 Å². The molecule has 2 rings (SSSR count). The minimum absolute atomic E-state index is 0. The van der Waals surface area contributed by atoms with Gasteiger partial charge in [0.25, 0.3) is 0 Å². The monoisotopic (exact) mass is 295 g/mol. The Morgan fingerprint density at radius 2 is 2.28 bits per heavy atom. The highest BCUT2D eigenvalue weighted by Gasteiger charge is 2.26. The van der Waals surface area contributed by atoms with E-state index in [4.69, 9.17) is 16.3 Å². The average Bonchev–Trinajstić information content (AvgIpc) is 2.57.